The Kier molecular flexibility index (Phi) is 4.29. The van der Waals surface area contributed by atoms with Crippen LogP contribution in [0, 0.1) is 0 Å². The molecule has 1 fully saturated rings. The number of para-hydroxylation sites is 2. The van der Waals surface area contributed by atoms with Crippen LogP contribution in [0.5, 0.6) is 0 Å². The van der Waals surface area contributed by atoms with Gasteiger partial charge in [-0.1, -0.05) is 32.4 Å². The van der Waals surface area contributed by atoms with E-state index < -0.39 is 0 Å². The Morgan fingerprint density at radius 1 is 1.24 bits per heavy atom. The van der Waals surface area contributed by atoms with Crippen LogP contribution >= 0.6 is 0 Å². The Bertz CT molecular complexity index is 594. The highest BCUT2D eigenvalue weighted by molar-refractivity contribution is 5.75. The molecule has 1 aromatic heterocycles. The zero-order valence-electron chi connectivity index (χ0n) is 13.4. The summed E-state index contributed by atoms with van der Waals surface area (Å²) in [7, 11) is 0. The molecule has 0 radical (unpaired) electrons. The number of nitrogens with one attached hydrogen (secondary N) is 1. The fourth-order valence-electron chi connectivity index (χ4n) is 3.84. The van der Waals surface area contributed by atoms with Gasteiger partial charge >= 0.3 is 0 Å². The maximum atomic E-state index is 4.95. The molecular formula is C18H27N3. The summed E-state index contributed by atoms with van der Waals surface area (Å²) in [6.45, 7) is 6.76. The smallest absolute Gasteiger partial charge is 0.111 e. The van der Waals surface area contributed by atoms with Crippen LogP contribution in [0.3, 0.4) is 0 Å². The molecule has 1 atom stereocenters. The molecular weight excluding hydrogens is 258 g/mol. The van der Waals surface area contributed by atoms with Crippen molar-refractivity contribution in [1.82, 2.24) is 14.9 Å². The third kappa shape index (κ3) is 2.84. The van der Waals surface area contributed by atoms with E-state index in [-0.39, 0.29) is 5.54 Å². The molecule has 21 heavy (non-hydrogen) atoms. The van der Waals surface area contributed by atoms with E-state index in [1.807, 2.05) is 0 Å². The molecule has 2 aromatic rings. The summed E-state index contributed by atoms with van der Waals surface area (Å²) in [5.41, 5.74) is 2.71. The van der Waals surface area contributed by atoms with E-state index in [0.29, 0.717) is 0 Å². The van der Waals surface area contributed by atoms with E-state index in [1.165, 1.54) is 37.0 Å². The number of aryl methyl sites for hydroxylation is 1. The minimum atomic E-state index is 0.279. The predicted octanol–water partition coefficient (Wildman–Crippen LogP) is 3.91. The van der Waals surface area contributed by atoms with E-state index in [0.717, 1.165) is 31.4 Å². The Morgan fingerprint density at radius 3 is 2.81 bits per heavy atom. The van der Waals surface area contributed by atoms with Crippen molar-refractivity contribution in [2.75, 3.05) is 6.54 Å². The fraction of sp³-hybridized carbons (Fsp3) is 0.611. The summed E-state index contributed by atoms with van der Waals surface area (Å²) in [6.07, 6.45) is 7.30. The van der Waals surface area contributed by atoms with Crippen molar-refractivity contribution in [3.8, 4) is 0 Å². The Morgan fingerprint density at radius 2 is 2.10 bits per heavy atom. The second-order valence-corrected chi connectivity index (χ2v) is 6.41. The van der Waals surface area contributed by atoms with Gasteiger partial charge in [0.25, 0.3) is 0 Å². The van der Waals surface area contributed by atoms with Gasteiger partial charge < -0.3 is 9.88 Å². The number of aromatic nitrogens is 2. The monoisotopic (exact) mass is 285 g/mol. The number of benzene rings is 1. The number of imidazole rings is 1. The average molecular weight is 285 g/mol. The van der Waals surface area contributed by atoms with E-state index in [1.54, 1.807) is 0 Å². The van der Waals surface area contributed by atoms with Gasteiger partial charge in [0.15, 0.2) is 0 Å². The number of fused-ring (bicyclic) bond motifs is 1. The third-order valence-electron chi connectivity index (χ3n) is 4.74. The maximum absolute atomic E-state index is 4.95. The molecule has 1 aromatic carbocycles. The summed E-state index contributed by atoms with van der Waals surface area (Å²) >= 11 is 0. The van der Waals surface area contributed by atoms with Crippen LogP contribution in [0.15, 0.2) is 24.3 Å². The molecule has 3 rings (SSSR count). The highest BCUT2D eigenvalue weighted by Crippen LogP contribution is 2.30. The first-order valence-corrected chi connectivity index (χ1v) is 8.47. The SMILES string of the molecule is CCCn1c(CC2(CCC)CCCN2)nc2ccccc21. The molecule has 0 amide bonds. The lowest BCUT2D eigenvalue weighted by atomic mass is 9.88. The lowest BCUT2D eigenvalue weighted by Gasteiger charge is -2.29. The van der Waals surface area contributed by atoms with Crippen LogP contribution < -0.4 is 5.32 Å². The van der Waals surface area contributed by atoms with Crippen molar-refractivity contribution >= 4 is 11.0 Å². The molecule has 1 aliphatic rings. The predicted molar refractivity (Wildman–Crippen MR) is 88.6 cm³/mol. The maximum Gasteiger partial charge on any atom is 0.111 e. The average Bonchev–Trinajstić information content (AvgIpc) is 3.06. The molecule has 0 spiro atoms. The van der Waals surface area contributed by atoms with Crippen LogP contribution in [-0.4, -0.2) is 21.6 Å². The quantitative estimate of drug-likeness (QED) is 0.872. The third-order valence-corrected chi connectivity index (χ3v) is 4.74. The van der Waals surface area contributed by atoms with Gasteiger partial charge in [-0.15, -0.1) is 0 Å². The summed E-state index contributed by atoms with van der Waals surface area (Å²) in [5.74, 6) is 1.26. The van der Waals surface area contributed by atoms with Gasteiger partial charge in [0.1, 0.15) is 5.82 Å². The van der Waals surface area contributed by atoms with Gasteiger partial charge in [-0.05, 0) is 44.4 Å². The van der Waals surface area contributed by atoms with Gasteiger partial charge in [0.05, 0.1) is 11.0 Å². The second-order valence-electron chi connectivity index (χ2n) is 6.41. The second kappa shape index (κ2) is 6.18. The molecule has 2 heterocycles. The molecule has 1 aliphatic heterocycles. The zero-order valence-corrected chi connectivity index (χ0v) is 13.4. The first kappa shape index (κ1) is 14.6. The van der Waals surface area contributed by atoms with Crippen molar-refractivity contribution in [3.05, 3.63) is 30.1 Å². The number of rotatable bonds is 6. The Hall–Kier alpha value is -1.35. The van der Waals surface area contributed by atoms with Gasteiger partial charge in [-0.25, -0.2) is 4.98 Å². The van der Waals surface area contributed by atoms with Crippen LogP contribution in [0.4, 0.5) is 0 Å². The topological polar surface area (TPSA) is 29.9 Å². The molecule has 1 N–H and O–H groups in total. The van der Waals surface area contributed by atoms with E-state index in [9.17, 15) is 0 Å². The summed E-state index contributed by atoms with van der Waals surface area (Å²) in [5, 5.41) is 3.78. The van der Waals surface area contributed by atoms with Crippen molar-refractivity contribution in [2.45, 2.75) is 64.5 Å². The number of hydrogen-bond donors (Lipinski definition) is 1. The largest absolute Gasteiger partial charge is 0.328 e. The van der Waals surface area contributed by atoms with Crippen molar-refractivity contribution in [1.29, 1.82) is 0 Å². The van der Waals surface area contributed by atoms with E-state index in [4.69, 9.17) is 4.98 Å². The van der Waals surface area contributed by atoms with Gasteiger partial charge in [0.2, 0.25) is 0 Å². The minimum absolute atomic E-state index is 0.279. The van der Waals surface area contributed by atoms with E-state index >= 15 is 0 Å². The summed E-state index contributed by atoms with van der Waals surface area (Å²) in [4.78, 5) is 4.95. The Labute approximate surface area is 127 Å². The highest BCUT2D eigenvalue weighted by atomic mass is 15.1. The standard InChI is InChI=1S/C18H27N3/c1-3-10-18(11-7-12-19-18)14-17-20-15-8-5-6-9-16(15)21(17)13-4-2/h5-6,8-9,19H,3-4,7,10-14H2,1-2H3. The van der Waals surface area contributed by atoms with E-state index in [2.05, 4.69) is 48.0 Å². The summed E-state index contributed by atoms with van der Waals surface area (Å²) < 4.78 is 2.44. The molecule has 1 unspecified atom stereocenters. The lowest BCUT2D eigenvalue weighted by molar-refractivity contribution is 0.331. The molecule has 3 heteroatoms. The first-order chi connectivity index (χ1) is 10.3. The van der Waals surface area contributed by atoms with Crippen molar-refractivity contribution in [3.63, 3.8) is 0 Å². The molecule has 0 bridgehead atoms. The molecule has 0 saturated carbocycles. The summed E-state index contributed by atoms with van der Waals surface area (Å²) in [6, 6.07) is 8.55. The van der Waals surface area contributed by atoms with Gasteiger partial charge in [0, 0.05) is 18.5 Å². The zero-order chi connectivity index (χ0) is 14.7. The normalized spacial score (nSPS) is 22.2. The molecule has 0 aliphatic carbocycles. The fourth-order valence-corrected chi connectivity index (χ4v) is 3.84. The molecule has 114 valence electrons. The van der Waals surface area contributed by atoms with Gasteiger partial charge in [-0.3, -0.25) is 0 Å². The van der Waals surface area contributed by atoms with Gasteiger partial charge in [-0.2, -0.15) is 0 Å². The Balaban J connectivity index is 1.97. The van der Waals surface area contributed by atoms with Crippen molar-refractivity contribution in [2.24, 2.45) is 0 Å². The van der Waals surface area contributed by atoms with Crippen LogP contribution in [-0.2, 0) is 13.0 Å². The first-order valence-electron chi connectivity index (χ1n) is 8.47. The molecule has 3 nitrogen and oxygen atoms in total. The number of nitrogens with zero attached hydrogens (tertiary/aromatic N) is 2. The lowest BCUT2D eigenvalue weighted by Crippen LogP contribution is -2.42. The highest BCUT2D eigenvalue weighted by Gasteiger charge is 2.34. The van der Waals surface area contributed by atoms with Crippen LogP contribution in [0.1, 0.15) is 51.8 Å². The minimum Gasteiger partial charge on any atom is -0.328 e. The molecule has 1 saturated heterocycles. The van der Waals surface area contributed by atoms with Crippen LogP contribution in [0.25, 0.3) is 11.0 Å². The van der Waals surface area contributed by atoms with Crippen molar-refractivity contribution < 1.29 is 0 Å². The van der Waals surface area contributed by atoms with Crippen LogP contribution in [0.2, 0.25) is 0 Å². The number of hydrogen-bond acceptors (Lipinski definition) is 2.